The van der Waals surface area contributed by atoms with E-state index in [2.05, 4.69) is 263 Å². The lowest BCUT2D eigenvalue weighted by Crippen LogP contribution is -2.28. The van der Waals surface area contributed by atoms with Gasteiger partial charge in [-0.2, -0.15) is 21.0 Å². The molecular formula is C90H56N8. The van der Waals surface area contributed by atoms with Crippen LogP contribution in [0.1, 0.15) is 44.9 Å². The first-order valence-corrected chi connectivity index (χ1v) is 32.9. The van der Waals surface area contributed by atoms with Gasteiger partial charge in [0.2, 0.25) is 0 Å². The lowest BCUT2D eigenvalue weighted by atomic mass is 9.83. The second-order valence-corrected chi connectivity index (χ2v) is 25.7. The Hall–Kier alpha value is -13.5. The summed E-state index contributed by atoms with van der Waals surface area (Å²) in [4.78, 5) is 2.42. The Labute approximate surface area is 566 Å². The van der Waals surface area contributed by atoms with Crippen LogP contribution in [-0.4, -0.2) is 19.7 Å². The molecule has 0 radical (unpaired) electrons. The van der Waals surface area contributed by atoms with E-state index in [4.69, 9.17) is 0 Å². The van der Waals surface area contributed by atoms with E-state index in [9.17, 15) is 21.0 Å². The van der Waals surface area contributed by atoms with Crippen molar-refractivity contribution in [2.45, 2.75) is 25.8 Å². The second kappa shape index (κ2) is 22.6. The summed E-state index contributed by atoms with van der Waals surface area (Å²) in [5.74, 6) is 0.0956. The molecule has 98 heavy (non-hydrogen) atoms. The molecule has 18 rings (SSSR count). The zero-order chi connectivity index (χ0) is 65.9. The average molecular weight is 1250 g/mol. The second-order valence-electron chi connectivity index (χ2n) is 25.7. The molecule has 4 heterocycles. The number of nitriles is 4. The molecule has 2 unspecified atom stereocenters. The van der Waals surface area contributed by atoms with Crippen LogP contribution in [0.25, 0.3) is 138 Å². The first kappa shape index (κ1) is 57.2. The van der Waals surface area contributed by atoms with Gasteiger partial charge in [0, 0.05) is 66.7 Å². The normalized spacial score (nSPS) is 13.9. The maximum Gasteiger partial charge on any atom is 0.0991 e. The summed E-state index contributed by atoms with van der Waals surface area (Å²) in [6.07, 6.45) is 8.93. The Kier molecular flexibility index (Phi) is 13.2. The Morgan fingerprint density at radius 3 is 1.04 bits per heavy atom. The van der Waals surface area contributed by atoms with Gasteiger partial charge >= 0.3 is 0 Å². The first-order chi connectivity index (χ1) is 48.2. The minimum absolute atomic E-state index is 0.0581. The first-order valence-electron chi connectivity index (χ1n) is 32.9. The molecule has 1 aliphatic carbocycles. The number of nitrogens with zero attached hydrogens (tertiary/aromatic N) is 8. The zero-order valence-corrected chi connectivity index (χ0v) is 53.4. The van der Waals surface area contributed by atoms with Crippen LogP contribution in [0, 0.1) is 59.2 Å². The van der Waals surface area contributed by atoms with E-state index >= 15 is 0 Å². The highest BCUT2D eigenvalue weighted by atomic mass is 15.2. The highest BCUT2D eigenvalue weighted by molar-refractivity contribution is 6.13. The number of para-hydroxylation sites is 3. The zero-order valence-electron chi connectivity index (χ0n) is 53.4. The lowest BCUT2D eigenvalue weighted by Gasteiger charge is -2.28. The van der Waals surface area contributed by atoms with Crippen LogP contribution < -0.4 is 4.90 Å². The van der Waals surface area contributed by atoms with Crippen molar-refractivity contribution in [1.29, 1.82) is 21.0 Å². The van der Waals surface area contributed by atoms with Gasteiger partial charge in [-0.25, -0.2) is 0 Å². The molecule has 0 N–H and O–H groups in total. The predicted octanol–water partition coefficient (Wildman–Crippen LogP) is 22.1. The molecule has 8 nitrogen and oxygen atoms in total. The molecule has 1 aliphatic heterocycles. The molecule has 0 fully saturated rings. The Balaban J connectivity index is 0.884. The van der Waals surface area contributed by atoms with Crippen LogP contribution in [0.15, 0.2) is 291 Å². The van der Waals surface area contributed by atoms with Gasteiger partial charge in [0.25, 0.3) is 0 Å². The average Bonchev–Trinajstić information content (AvgIpc) is 1.54. The predicted molar refractivity (Wildman–Crippen MR) is 398 cm³/mol. The number of rotatable bonds is 9. The Morgan fingerprint density at radius 1 is 0.286 bits per heavy atom. The number of benzene rings is 13. The third-order valence-corrected chi connectivity index (χ3v) is 20.5. The number of hydrogen-bond donors (Lipinski definition) is 0. The summed E-state index contributed by atoms with van der Waals surface area (Å²) in [6.45, 7) is 4.58. The summed E-state index contributed by atoms with van der Waals surface area (Å²) < 4.78 is 6.91. The van der Waals surface area contributed by atoms with E-state index in [0.29, 0.717) is 22.3 Å². The minimum Gasteiger partial charge on any atom is -0.333 e. The van der Waals surface area contributed by atoms with Gasteiger partial charge in [-0.3, -0.25) is 0 Å². The maximum absolute atomic E-state index is 9.79. The van der Waals surface area contributed by atoms with Crippen molar-refractivity contribution in [3.63, 3.8) is 0 Å². The topological polar surface area (TPSA) is 113 Å². The van der Waals surface area contributed by atoms with Gasteiger partial charge in [-0.05, 0) is 274 Å². The highest BCUT2D eigenvalue weighted by Crippen LogP contribution is 2.51. The SMILES string of the molecule is Cc1c(-c2ccc3c(c2)c2ccccc2n3-c2ccc(C#N)cc2)cc(-c2ccc3c(c2)C2C=CC=CC2N3c2ccc(C#N)cc2)cc1-c1cc(-c2ccc3c(c2)c2ccccc2n3-c2ccc(C#N)cc2)cc(-c2ccc3c(c2)c2ccccc2n3-c2ccc(C#N)cc2)c1C. The fraction of sp³-hybridized carbons (Fsp3) is 0.0444. The monoisotopic (exact) mass is 1250 g/mol. The van der Waals surface area contributed by atoms with Crippen molar-refractivity contribution in [1.82, 2.24) is 13.7 Å². The molecule has 3 aromatic heterocycles. The maximum atomic E-state index is 9.79. The van der Waals surface area contributed by atoms with Crippen LogP contribution in [0.3, 0.4) is 0 Å². The summed E-state index contributed by atoms with van der Waals surface area (Å²) in [5.41, 5.74) is 28.6. The van der Waals surface area contributed by atoms with Gasteiger partial charge in [-0.15, -0.1) is 0 Å². The van der Waals surface area contributed by atoms with Crippen LogP contribution >= 0.6 is 0 Å². The Bertz CT molecular complexity index is 6300. The van der Waals surface area contributed by atoms with Gasteiger partial charge in [0.1, 0.15) is 0 Å². The van der Waals surface area contributed by atoms with Crippen molar-refractivity contribution in [2.75, 3.05) is 4.90 Å². The van der Waals surface area contributed by atoms with E-state index in [0.717, 1.165) is 161 Å². The fourth-order valence-corrected chi connectivity index (χ4v) is 15.8. The molecule has 0 bridgehead atoms. The van der Waals surface area contributed by atoms with Crippen LogP contribution in [-0.2, 0) is 0 Å². The standard InChI is InChI=1S/C90H56N8/c1-55-75(63-29-41-89-81(45-63)73-13-5-9-17-85(73)97(89)69-35-23-59(53-93)24-36-69)47-65(61-27-39-87-79(43-61)71-11-3-7-15-83(71)95(87)67-31-19-57(51-91)20-32-67)49-77(55)78-50-66(62-28-40-88-80(44-62)72-12-4-8-16-84(72)96(88)68-33-21-58(52-92)22-34-68)48-76(56(78)2)64-30-42-90-82(46-64)74-14-6-10-18-86(74)98(90)70-37-25-60(54-94)26-38-70/h3-50,71,83H,1-2H3. The third-order valence-electron chi connectivity index (χ3n) is 20.5. The quantitative estimate of drug-likeness (QED) is 0.143. The van der Waals surface area contributed by atoms with E-state index < -0.39 is 0 Å². The lowest BCUT2D eigenvalue weighted by molar-refractivity contribution is 0.745. The summed E-state index contributed by atoms with van der Waals surface area (Å²) in [5, 5.41) is 45.9. The highest BCUT2D eigenvalue weighted by Gasteiger charge is 2.38. The largest absolute Gasteiger partial charge is 0.333 e. The number of fused-ring (bicyclic) bond motifs is 12. The molecule has 2 aliphatic rings. The summed E-state index contributed by atoms with van der Waals surface area (Å²) in [6, 6.07) is 104. The van der Waals surface area contributed by atoms with E-state index in [1.165, 1.54) is 5.56 Å². The molecule has 0 saturated heterocycles. The molecule has 456 valence electrons. The van der Waals surface area contributed by atoms with Crippen molar-refractivity contribution in [2.24, 2.45) is 0 Å². The third kappa shape index (κ3) is 9.02. The van der Waals surface area contributed by atoms with Crippen LogP contribution in [0.2, 0.25) is 0 Å². The summed E-state index contributed by atoms with van der Waals surface area (Å²) in [7, 11) is 0. The van der Waals surface area contributed by atoms with E-state index in [-0.39, 0.29) is 12.0 Å². The molecule has 8 heteroatoms. The molecule has 2 atom stereocenters. The minimum atomic E-state index is 0.0581. The molecule has 16 aromatic rings. The van der Waals surface area contributed by atoms with Gasteiger partial charge in [0.15, 0.2) is 0 Å². The number of hydrogen-bond acceptors (Lipinski definition) is 5. The molecular weight excluding hydrogens is 1190 g/mol. The number of anilines is 2. The fourth-order valence-electron chi connectivity index (χ4n) is 15.8. The van der Waals surface area contributed by atoms with Crippen molar-refractivity contribution in [3.05, 3.63) is 330 Å². The van der Waals surface area contributed by atoms with Crippen molar-refractivity contribution in [3.8, 4) is 97.0 Å². The molecule has 13 aromatic carbocycles. The summed E-state index contributed by atoms with van der Waals surface area (Å²) >= 11 is 0. The molecule has 0 amide bonds. The molecule has 0 saturated carbocycles. The van der Waals surface area contributed by atoms with E-state index in [1.807, 2.05) is 84.9 Å². The Morgan fingerprint density at radius 2 is 0.622 bits per heavy atom. The number of aromatic nitrogens is 3. The number of allylic oxidation sites excluding steroid dienone is 2. The van der Waals surface area contributed by atoms with Gasteiger partial charge < -0.3 is 18.6 Å². The van der Waals surface area contributed by atoms with Crippen molar-refractivity contribution < 1.29 is 0 Å². The van der Waals surface area contributed by atoms with Crippen molar-refractivity contribution >= 4 is 76.8 Å². The van der Waals surface area contributed by atoms with Crippen LogP contribution in [0.5, 0.6) is 0 Å². The van der Waals surface area contributed by atoms with Gasteiger partial charge in [0.05, 0.1) is 85.7 Å². The van der Waals surface area contributed by atoms with Gasteiger partial charge in [-0.1, -0.05) is 103 Å². The van der Waals surface area contributed by atoms with E-state index in [1.54, 1.807) is 0 Å². The molecule has 0 spiro atoms. The smallest absolute Gasteiger partial charge is 0.0991 e. The van der Waals surface area contributed by atoms with Crippen LogP contribution in [0.4, 0.5) is 11.4 Å².